The molecule has 1 fully saturated rings. The molecular weight excluding hydrogens is 174 g/mol. The van der Waals surface area contributed by atoms with Crippen LogP contribution < -0.4 is 5.32 Å². The summed E-state index contributed by atoms with van der Waals surface area (Å²) < 4.78 is 0. The maximum Gasteiger partial charge on any atom is 0.0431 e. The summed E-state index contributed by atoms with van der Waals surface area (Å²) in [6.07, 6.45) is 7.68. The molecule has 0 heterocycles. The largest absolute Gasteiger partial charge is 0.396 e. The van der Waals surface area contributed by atoms with E-state index < -0.39 is 0 Å². The molecule has 2 heteroatoms. The SMILES string of the molecule is CC1CC1CCCCNCCCCO. The van der Waals surface area contributed by atoms with Gasteiger partial charge in [-0.3, -0.25) is 0 Å². The number of aliphatic hydroxyl groups is 1. The Morgan fingerprint density at radius 2 is 1.79 bits per heavy atom. The molecule has 0 aromatic heterocycles. The summed E-state index contributed by atoms with van der Waals surface area (Å²) in [5.41, 5.74) is 0. The fourth-order valence-electron chi connectivity index (χ4n) is 1.94. The molecular formula is C12H25NO. The lowest BCUT2D eigenvalue weighted by molar-refractivity contribution is 0.283. The lowest BCUT2D eigenvalue weighted by Crippen LogP contribution is -2.16. The summed E-state index contributed by atoms with van der Waals surface area (Å²) in [4.78, 5) is 0. The molecule has 1 saturated carbocycles. The van der Waals surface area contributed by atoms with Crippen molar-refractivity contribution in [3.05, 3.63) is 0 Å². The number of aliphatic hydroxyl groups excluding tert-OH is 1. The molecule has 0 radical (unpaired) electrons. The van der Waals surface area contributed by atoms with Crippen LogP contribution in [-0.2, 0) is 0 Å². The quantitative estimate of drug-likeness (QED) is 0.558. The zero-order valence-electron chi connectivity index (χ0n) is 9.47. The molecule has 1 aliphatic rings. The third-order valence-corrected chi connectivity index (χ3v) is 3.22. The minimum absolute atomic E-state index is 0.335. The molecule has 2 N–H and O–H groups in total. The number of rotatable bonds is 9. The van der Waals surface area contributed by atoms with E-state index in [9.17, 15) is 0 Å². The molecule has 0 aromatic rings. The highest BCUT2D eigenvalue weighted by atomic mass is 16.2. The van der Waals surface area contributed by atoms with E-state index in [1.54, 1.807) is 0 Å². The van der Waals surface area contributed by atoms with E-state index in [2.05, 4.69) is 12.2 Å². The second kappa shape index (κ2) is 7.24. The third-order valence-electron chi connectivity index (χ3n) is 3.22. The molecule has 0 saturated heterocycles. The summed E-state index contributed by atoms with van der Waals surface area (Å²) in [6, 6.07) is 0. The van der Waals surface area contributed by atoms with Crippen LogP contribution in [0.1, 0.15) is 45.4 Å². The van der Waals surface area contributed by atoms with Crippen molar-refractivity contribution in [1.82, 2.24) is 5.32 Å². The van der Waals surface area contributed by atoms with E-state index in [-0.39, 0.29) is 0 Å². The van der Waals surface area contributed by atoms with Crippen LogP contribution in [0.2, 0.25) is 0 Å². The van der Waals surface area contributed by atoms with Gasteiger partial charge in [-0.2, -0.15) is 0 Å². The molecule has 0 aromatic carbocycles. The fourth-order valence-corrected chi connectivity index (χ4v) is 1.94. The Labute approximate surface area is 88.1 Å². The van der Waals surface area contributed by atoms with Gasteiger partial charge in [0.1, 0.15) is 0 Å². The lowest BCUT2D eigenvalue weighted by Gasteiger charge is -2.03. The normalized spacial score (nSPS) is 25.3. The standard InChI is InChI=1S/C12H25NO/c1-11-10-12(11)6-2-3-7-13-8-4-5-9-14/h11-14H,2-10H2,1H3. The summed E-state index contributed by atoms with van der Waals surface area (Å²) in [5, 5.41) is 12.0. The first-order chi connectivity index (χ1) is 6.84. The van der Waals surface area contributed by atoms with Crippen LogP contribution in [0.3, 0.4) is 0 Å². The average molecular weight is 199 g/mol. The number of hydrogen-bond donors (Lipinski definition) is 2. The van der Waals surface area contributed by atoms with Crippen LogP contribution in [0.15, 0.2) is 0 Å². The van der Waals surface area contributed by atoms with Crippen molar-refractivity contribution in [2.45, 2.75) is 45.4 Å². The molecule has 14 heavy (non-hydrogen) atoms. The van der Waals surface area contributed by atoms with Gasteiger partial charge in [-0.1, -0.05) is 19.8 Å². The van der Waals surface area contributed by atoms with Gasteiger partial charge in [0.05, 0.1) is 0 Å². The molecule has 0 spiro atoms. The number of nitrogens with one attached hydrogen (secondary N) is 1. The van der Waals surface area contributed by atoms with Crippen molar-refractivity contribution in [1.29, 1.82) is 0 Å². The highest BCUT2D eigenvalue weighted by molar-refractivity contribution is 4.81. The zero-order valence-corrected chi connectivity index (χ0v) is 9.47. The molecule has 2 unspecified atom stereocenters. The molecule has 1 aliphatic carbocycles. The van der Waals surface area contributed by atoms with Crippen molar-refractivity contribution >= 4 is 0 Å². The third kappa shape index (κ3) is 5.61. The maximum absolute atomic E-state index is 8.57. The van der Waals surface area contributed by atoms with Crippen molar-refractivity contribution in [2.75, 3.05) is 19.7 Å². The smallest absolute Gasteiger partial charge is 0.0431 e. The Morgan fingerprint density at radius 3 is 2.36 bits per heavy atom. The molecule has 2 atom stereocenters. The van der Waals surface area contributed by atoms with E-state index >= 15 is 0 Å². The summed E-state index contributed by atoms with van der Waals surface area (Å²) in [6.45, 7) is 4.92. The predicted molar refractivity (Wildman–Crippen MR) is 60.3 cm³/mol. The van der Waals surface area contributed by atoms with E-state index in [4.69, 9.17) is 5.11 Å². The average Bonchev–Trinajstić information content (AvgIpc) is 2.87. The maximum atomic E-state index is 8.57. The Hall–Kier alpha value is -0.0800. The summed E-state index contributed by atoms with van der Waals surface area (Å²) in [7, 11) is 0. The Kier molecular flexibility index (Phi) is 6.20. The van der Waals surface area contributed by atoms with Gasteiger partial charge in [-0.15, -0.1) is 0 Å². The van der Waals surface area contributed by atoms with Crippen LogP contribution in [-0.4, -0.2) is 24.8 Å². The zero-order chi connectivity index (χ0) is 10.2. The first kappa shape index (κ1) is 12.0. The number of unbranched alkanes of at least 4 members (excludes halogenated alkanes) is 2. The fraction of sp³-hybridized carbons (Fsp3) is 1.00. The second-order valence-electron chi connectivity index (χ2n) is 4.65. The Bertz CT molecular complexity index is 138. The van der Waals surface area contributed by atoms with Gasteiger partial charge in [-0.25, -0.2) is 0 Å². The molecule has 84 valence electrons. The monoisotopic (exact) mass is 199 g/mol. The Morgan fingerprint density at radius 1 is 1.14 bits per heavy atom. The predicted octanol–water partition coefficient (Wildman–Crippen LogP) is 2.17. The van der Waals surface area contributed by atoms with Crippen LogP contribution in [0.25, 0.3) is 0 Å². The van der Waals surface area contributed by atoms with E-state index in [0.29, 0.717) is 6.61 Å². The van der Waals surface area contributed by atoms with Crippen LogP contribution in [0, 0.1) is 11.8 Å². The van der Waals surface area contributed by atoms with Gasteiger partial charge in [0.15, 0.2) is 0 Å². The van der Waals surface area contributed by atoms with Gasteiger partial charge in [0.2, 0.25) is 0 Å². The van der Waals surface area contributed by atoms with Crippen molar-refractivity contribution in [2.24, 2.45) is 11.8 Å². The van der Waals surface area contributed by atoms with E-state index in [1.165, 1.54) is 25.7 Å². The minimum Gasteiger partial charge on any atom is -0.396 e. The van der Waals surface area contributed by atoms with Gasteiger partial charge in [0.25, 0.3) is 0 Å². The number of hydrogen-bond acceptors (Lipinski definition) is 2. The lowest BCUT2D eigenvalue weighted by atomic mass is 10.1. The second-order valence-corrected chi connectivity index (χ2v) is 4.65. The molecule has 0 bridgehead atoms. The molecule has 0 aliphatic heterocycles. The highest BCUT2D eigenvalue weighted by Gasteiger charge is 2.31. The van der Waals surface area contributed by atoms with Gasteiger partial charge in [-0.05, 0) is 50.6 Å². The van der Waals surface area contributed by atoms with Crippen molar-refractivity contribution < 1.29 is 5.11 Å². The van der Waals surface area contributed by atoms with Gasteiger partial charge < -0.3 is 10.4 Å². The van der Waals surface area contributed by atoms with Crippen molar-refractivity contribution in [3.8, 4) is 0 Å². The highest BCUT2D eigenvalue weighted by Crippen LogP contribution is 2.41. The van der Waals surface area contributed by atoms with Crippen LogP contribution in [0.5, 0.6) is 0 Å². The summed E-state index contributed by atoms with van der Waals surface area (Å²) in [5.74, 6) is 2.08. The first-order valence-electron chi connectivity index (χ1n) is 6.16. The van der Waals surface area contributed by atoms with E-state index in [0.717, 1.165) is 37.8 Å². The molecule has 1 rings (SSSR count). The van der Waals surface area contributed by atoms with Gasteiger partial charge in [0, 0.05) is 6.61 Å². The van der Waals surface area contributed by atoms with Crippen LogP contribution in [0.4, 0.5) is 0 Å². The topological polar surface area (TPSA) is 32.3 Å². The molecule has 0 amide bonds. The van der Waals surface area contributed by atoms with Gasteiger partial charge >= 0.3 is 0 Å². The van der Waals surface area contributed by atoms with E-state index in [1.807, 2.05) is 0 Å². The molecule has 2 nitrogen and oxygen atoms in total. The van der Waals surface area contributed by atoms with Crippen molar-refractivity contribution in [3.63, 3.8) is 0 Å². The Balaban J connectivity index is 1.68. The minimum atomic E-state index is 0.335. The van der Waals surface area contributed by atoms with Crippen LogP contribution >= 0.6 is 0 Å². The first-order valence-corrected chi connectivity index (χ1v) is 6.16. The summed E-state index contributed by atoms with van der Waals surface area (Å²) >= 11 is 0.